The Hall–Kier alpha value is -7.05. The normalized spacial score (nSPS) is 13.3. The van der Waals surface area contributed by atoms with Gasteiger partial charge in [-0.1, -0.05) is 154 Å². The van der Waals surface area contributed by atoms with Gasteiger partial charge in [0.1, 0.15) is 12.5 Å². The minimum atomic E-state index is -3.31. The number of hydrogen-bond acceptors (Lipinski definition) is 3. The molecule has 0 fully saturated rings. The summed E-state index contributed by atoms with van der Waals surface area (Å²) in [7, 11) is 0. The molecule has 7 aromatic carbocycles. The summed E-state index contributed by atoms with van der Waals surface area (Å²) in [6.07, 6.45) is 1.83. The van der Waals surface area contributed by atoms with Crippen molar-refractivity contribution in [2.75, 3.05) is 16.5 Å². The summed E-state index contributed by atoms with van der Waals surface area (Å²) >= 11 is 0. The lowest BCUT2D eigenvalue weighted by Gasteiger charge is -2.32. The van der Waals surface area contributed by atoms with Crippen LogP contribution >= 0.6 is 0 Å². The maximum absolute atomic E-state index is 17.2. The van der Waals surface area contributed by atoms with Gasteiger partial charge in [0, 0.05) is 44.9 Å². The predicted molar refractivity (Wildman–Crippen MR) is 247 cm³/mol. The first-order valence-corrected chi connectivity index (χ1v) is 20.9. The number of hydrogen-bond donors (Lipinski definition) is 0. The Morgan fingerprint density at radius 2 is 1.03 bits per heavy atom. The van der Waals surface area contributed by atoms with Crippen molar-refractivity contribution in [2.45, 2.75) is 44.4 Å². The highest BCUT2D eigenvalue weighted by molar-refractivity contribution is 6.09. The summed E-state index contributed by atoms with van der Waals surface area (Å²) in [5, 5.41) is 1.86. The van der Waals surface area contributed by atoms with E-state index in [9.17, 15) is 0 Å². The fourth-order valence-electron chi connectivity index (χ4n) is 9.33. The number of alkyl halides is 2. The molecule has 0 saturated carbocycles. The lowest BCUT2D eigenvalue weighted by atomic mass is 9.71. The van der Waals surface area contributed by atoms with Crippen LogP contribution in [0.5, 0.6) is 0 Å². The first-order valence-electron chi connectivity index (χ1n) is 20.9. The second-order valence-corrected chi connectivity index (χ2v) is 17.2. The standard InChI is InChI=1S/C55H46F2N4/c1-53(2,3)46-25-12-14-27-48(46)60-37-59(49-28-15-16-29-50(49)60)43-23-17-22-41(34-43)55(56,57)42-30-31-45-44-24-11-13-26-47(44)61(51(45)35-42)52-36-40(32-33-58-52)54(4,38-18-7-5-8-19-38)39-20-9-6-10-21-39/h5-36H,37H2,1-4H3. The van der Waals surface area contributed by atoms with Crippen LogP contribution < -0.4 is 9.80 Å². The third kappa shape index (κ3) is 6.37. The SMILES string of the molecule is CC(C)(C)c1ccccc1N1CN(c2cccc(C(F)(F)c3ccc4c5ccccc5n(-c5cc(C(C)(c6ccccc6)c6ccccc6)ccn5)c4c3)c2)c2ccccc21. The van der Waals surface area contributed by atoms with E-state index in [1.54, 1.807) is 24.3 Å². The molecule has 0 spiro atoms. The van der Waals surface area contributed by atoms with Crippen molar-refractivity contribution in [3.8, 4) is 5.82 Å². The van der Waals surface area contributed by atoms with Crippen molar-refractivity contribution in [1.82, 2.24) is 9.55 Å². The minimum absolute atomic E-state index is 0.0698. The number of fused-ring (bicyclic) bond motifs is 4. The monoisotopic (exact) mass is 800 g/mol. The molecule has 10 rings (SSSR count). The van der Waals surface area contributed by atoms with Gasteiger partial charge in [0.15, 0.2) is 0 Å². The zero-order valence-corrected chi connectivity index (χ0v) is 34.7. The van der Waals surface area contributed by atoms with Crippen molar-refractivity contribution in [1.29, 1.82) is 0 Å². The van der Waals surface area contributed by atoms with Crippen LogP contribution in [0.3, 0.4) is 0 Å². The molecular formula is C55H46F2N4. The fourth-order valence-corrected chi connectivity index (χ4v) is 9.33. The van der Waals surface area contributed by atoms with E-state index >= 15 is 8.78 Å². The smallest absolute Gasteiger partial charge is 0.298 e. The van der Waals surface area contributed by atoms with Crippen molar-refractivity contribution in [2.24, 2.45) is 0 Å². The van der Waals surface area contributed by atoms with Crippen LogP contribution in [0.25, 0.3) is 27.6 Å². The van der Waals surface area contributed by atoms with Gasteiger partial charge >= 0.3 is 0 Å². The summed E-state index contributed by atoms with van der Waals surface area (Å²) in [5.41, 5.74) is 9.21. The van der Waals surface area contributed by atoms with Crippen LogP contribution in [-0.4, -0.2) is 16.2 Å². The van der Waals surface area contributed by atoms with E-state index in [0.29, 0.717) is 23.7 Å². The molecular weight excluding hydrogens is 755 g/mol. The molecule has 1 aliphatic heterocycles. The van der Waals surface area contributed by atoms with Crippen LogP contribution in [0.1, 0.15) is 61.1 Å². The van der Waals surface area contributed by atoms with Crippen molar-refractivity contribution < 1.29 is 8.78 Å². The summed E-state index contributed by atoms with van der Waals surface area (Å²) in [6, 6.07) is 61.8. The molecule has 0 bridgehead atoms. The van der Waals surface area contributed by atoms with E-state index in [1.807, 2.05) is 65.4 Å². The van der Waals surface area contributed by atoms with Crippen LogP contribution in [0, 0.1) is 0 Å². The lowest BCUT2D eigenvalue weighted by Crippen LogP contribution is -2.27. The molecule has 300 valence electrons. The number of aromatic nitrogens is 2. The highest BCUT2D eigenvalue weighted by atomic mass is 19.3. The molecule has 0 amide bonds. The Morgan fingerprint density at radius 3 is 1.74 bits per heavy atom. The molecule has 6 heteroatoms. The van der Waals surface area contributed by atoms with Crippen molar-refractivity contribution in [3.63, 3.8) is 0 Å². The van der Waals surface area contributed by atoms with Gasteiger partial charge in [0.25, 0.3) is 5.92 Å². The molecule has 9 aromatic rings. The molecule has 0 aliphatic carbocycles. The first kappa shape index (κ1) is 38.2. The number of nitrogens with zero attached hydrogens (tertiary/aromatic N) is 4. The number of pyridine rings is 1. The van der Waals surface area contributed by atoms with Gasteiger partial charge in [0.2, 0.25) is 0 Å². The molecule has 1 aliphatic rings. The first-order chi connectivity index (χ1) is 29.5. The summed E-state index contributed by atoms with van der Waals surface area (Å²) < 4.78 is 36.5. The van der Waals surface area contributed by atoms with E-state index in [4.69, 9.17) is 4.98 Å². The number of anilines is 4. The molecule has 0 radical (unpaired) electrons. The maximum Gasteiger partial charge on any atom is 0.298 e. The molecule has 2 aromatic heterocycles. The van der Waals surface area contributed by atoms with E-state index in [1.165, 1.54) is 11.6 Å². The van der Waals surface area contributed by atoms with E-state index in [2.05, 4.69) is 141 Å². The molecule has 4 nitrogen and oxygen atoms in total. The van der Waals surface area contributed by atoms with Crippen LogP contribution in [0.2, 0.25) is 0 Å². The second kappa shape index (κ2) is 14.6. The molecule has 0 unspecified atom stereocenters. The largest absolute Gasteiger partial charge is 0.321 e. The third-order valence-electron chi connectivity index (χ3n) is 12.6. The summed E-state index contributed by atoms with van der Waals surface area (Å²) in [6.45, 7) is 9.38. The van der Waals surface area contributed by atoms with Gasteiger partial charge in [-0.05, 0) is 89.2 Å². The van der Waals surface area contributed by atoms with E-state index in [0.717, 1.165) is 50.0 Å². The van der Waals surface area contributed by atoms with Gasteiger partial charge < -0.3 is 9.80 Å². The number of halogens is 2. The van der Waals surface area contributed by atoms with Gasteiger partial charge in [-0.2, -0.15) is 8.78 Å². The minimum Gasteiger partial charge on any atom is -0.321 e. The van der Waals surface area contributed by atoms with Gasteiger partial charge in [-0.15, -0.1) is 0 Å². The molecule has 0 N–H and O–H groups in total. The van der Waals surface area contributed by atoms with Crippen molar-refractivity contribution in [3.05, 3.63) is 228 Å². The Labute approximate surface area is 356 Å². The van der Waals surface area contributed by atoms with Gasteiger partial charge in [-0.3, -0.25) is 4.57 Å². The molecule has 3 heterocycles. The Kier molecular flexibility index (Phi) is 9.13. The molecule has 0 saturated heterocycles. The molecule has 0 atom stereocenters. The average Bonchev–Trinajstić information content (AvgIpc) is 3.85. The number of para-hydroxylation sites is 4. The third-order valence-corrected chi connectivity index (χ3v) is 12.6. The summed E-state index contributed by atoms with van der Waals surface area (Å²) in [5.74, 6) is -2.65. The lowest BCUT2D eigenvalue weighted by molar-refractivity contribution is 0.0430. The Balaban J connectivity index is 1.06. The van der Waals surface area contributed by atoms with Gasteiger partial charge in [-0.25, -0.2) is 4.98 Å². The number of rotatable bonds is 8. The van der Waals surface area contributed by atoms with Crippen LogP contribution in [0.4, 0.5) is 31.5 Å². The summed E-state index contributed by atoms with van der Waals surface area (Å²) in [4.78, 5) is 9.34. The van der Waals surface area contributed by atoms with Gasteiger partial charge in [0.05, 0.1) is 22.4 Å². The molecule has 61 heavy (non-hydrogen) atoms. The maximum atomic E-state index is 17.2. The van der Waals surface area contributed by atoms with E-state index < -0.39 is 11.3 Å². The second-order valence-electron chi connectivity index (χ2n) is 17.2. The topological polar surface area (TPSA) is 24.3 Å². The Bertz CT molecular complexity index is 3020. The zero-order valence-electron chi connectivity index (χ0n) is 34.7. The average molecular weight is 801 g/mol. The quantitative estimate of drug-likeness (QED) is 0.153. The van der Waals surface area contributed by atoms with Crippen molar-refractivity contribution >= 4 is 44.6 Å². The fraction of sp³-hybridized carbons (Fsp3) is 0.145. The zero-order chi connectivity index (χ0) is 41.9. The highest BCUT2D eigenvalue weighted by Crippen LogP contribution is 2.48. The predicted octanol–water partition coefficient (Wildman–Crippen LogP) is 14.2. The Morgan fingerprint density at radius 1 is 0.459 bits per heavy atom. The van der Waals surface area contributed by atoms with Crippen LogP contribution in [-0.2, 0) is 16.8 Å². The highest BCUT2D eigenvalue weighted by Gasteiger charge is 2.37. The van der Waals surface area contributed by atoms with Crippen LogP contribution in [0.15, 0.2) is 194 Å². The number of benzene rings is 7. The van der Waals surface area contributed by atoms with E-state index in [-0.39, 0.29) is 16.5 Å².